The summed E-state index contributed by atoms with van der Waals surface area (Å²) in [7, 11) is 1.56. The molecule has 0 aromatic heterocycles. The Morgan fingerprint density at radius 2 is 1.82 bits per heavy atom. The first-order valence-electron chi connectivity index (χ1n) is 9.01. The number of aliphatic hydroxyl groups excluding tert-OH is 1. The lowest BCUT2D eigenvalue weighted by Gasteiger charge is -2.17. The molecule has 0 spiro atoms. The summed E-state index contributed by atoms with van der Waals surface area (Å²) < 4.78 is 5.36. The molecule has 1 N–H and O–H groups in total. The molecule has 0 aliphatic carbocycles. The number of hydrogen-bond donors (Lipinski definition) is 1. The molecule has 0 atom stereocenters. The average molecular weight is 397 g/mol. The molecule has 3 rings (SSSR count). The van der Waals surface area contributed by atoms with Crippen molar-refractivity contribution in [3.05, 3.63) is 69.6 Å². The van der Waals surface area contributed by atoms with Gasteiger partial charge >= 0.3 is 0 Å². The van der Waals surface area contributed by atoms with E-state index >= 15 is 0 Å². The number of benzene rings is 2. The van der Waals surface area contributed by atoms with Gasteiger partial charge in [0.25, 0.3) is 11.8 Å². The van der Waals surface area contributed by atoms with E-state index in [1.54, 1.807) is 13.2 Å². The van der Waals surface area contributed by atoms with Crippen LogP contribution < -0.4 is 4.74 Å². The second-order valence-corrected chi connectivity index (χ2v) is 7.71. The Kier molecular flexibility index (Phi) is 6.21. The van der Waals surface area contributed by atoms with Gasteiger partial charge in [-0.2, -0.15) is 0 Å². The molecule has 6 heteroatoms. The van der Waals surface area contributed by atoms with Crippen molar-refractivity contribution in [2.24, 2.45) is 0 Å². The number of carbonyl (C=O) groups excluding carboxylic acids is 2. The molecule has 1 heterocycles. The van der Waals surface area contributed by atoms with Gasteiger partial charge in [0.2, 0.25) is 0 Å². The van der Waals surface area contributed by atoms with E-state index in [1.807, 2.05) is 50.2 Å². The lowest BCUT2D eigenvalue weighted by Crippen LogP contribution is -2.31. The first-order chi connectivity index (χ1) is 13.5. The number of methoxy groups -OCH3 is 1. The van der Waals surface area contributed by atoms with Gasteiger partial charge in [-0.3, -0.25) is 14.5 Å². The smallest absolute Gasteiger partial charge is 0.268 e. The summed E-state index contributed by atoms with van der Waals surface area (Å²) in [4.78, 5) is 28.0. The van der Waals surface area contributed by atoms with Crippen LogP contribution in [0.4, 0.5) is 0 Å². The number of rotatable bonds is 7. The van der Waals surface area contributed by atoms with E-state index in [9.17, 15) is 14.7 Å². The normalized spacial score (nSPS) is 14.2. The van der Waals surface area contributed by atoms with Crippen molar-refractivity contribution in [3.63, 3.8) is 0 Å². The zero-order valence-corrected chi connectivity index (χ0v) is 17.0. The highest BCUT2D eigenvalue weighted by atomic mass is 32.2. The van der Waals surface area contributed by atoms with E-state index in [2.05, 4.69) is 0 Å². The predicted molar refractivity (Wildman–Crippen MR) is 111 cm³/mol. The monoisotopic (exact) mass is 397 g/mol. The minimum atomic E-state index is -0.329. The molecule has 2 amide bonds. The fourth-order valence-electron chi connectivity index (χ4n) is 3.31. The fraction of sp³-hybridized carbons (Fsp3) is 0.273. The van der Waals surface area contributed by atoms with Gasteiger partial charge in [0.05, 0.1) is 30.7 Å². The molecule has 146 valence electrons. The second-order valence-electron chi connectivity index (χ2n) is 6.60. The van der Waals surface area contributed by atoms with Crippen LogP contribution in [0.5, 0.6) is 5.75 Å². The molecular formula is C22H23NO4S. The number of ether oxygens (including phenoxy) is 1. The fourth-order valence-corrected chi connectivity index (χ4v) is 4.19. The van der Waals surface area contributed by atoms with E-state index < -0.39 is 0 Å². The SMILES string of the molecule is COc1ccccc1CN1C(=O)C(SCCO)=C(c2ccc(C)cc2C)C1=O. The van der Waals surface area contributed by atoms with Crippen molar-refractivity contribution < 1.29 is 19.4 Å². The standard InChI is InChI=1S/C22H23NO4S/c1-14-8-9-17(15(2)12-14)19-20(28-11-10-24)22(26)23(21(19)25)13-16-6-4-5-7-18(16)27-3/h4-9,12,24H,10-11,13H2,1-3H3. The second kappa shape index (κ2) is 8.63. The Morgan fingerprint density at radius 1 is 1.07 bits per heavy atom. The van der Waals surface area contributed by atoms with Crippen LogP contribution in [0.1, 0.15) is 22.3 Å². The largest absolute Gasteiger partial charge is 0.496 e. The Hall–Kier alpha value is -2.57. The summed E-state index contributed by atoms with van der Waals surface area (Å²) in [5.41, 5.74) is 3.97. The molecule has 1 aliphatic heterocycles. The number of hydrogen-bond acceptors (Lipinski definition) is 5. The highest BCUT2D eigenvalue weighted by molar-refractivity contribution is 8.04. The number of aliphatic hydroxyl groups is 1. The van der Waals surface area contributed by atoms with Crippen LogP contribution in [0.15, 0.2) is 47.4 Å². The van der Waals surface area contributed by atoms with Gasteiger partial charge in [0.1, 0.15) is 5.75 Å². The first kappa shape index (κ1) is 20.2. The number of amides is 2. The summed E-state index contributed by atoms with van der Waals surface area (Å²) in [5.74, 6) is 0.339. The Labute approximate surface area is 169 Å². The van der Waals surface area contributed by atoms with Gasteiger partial charge in [0, 0.05) is 11.3 Å². The number of imide groups is 1. The molecule has 28 heavy (non-hydrogen) atoms. The molecule has 0 saturated carbocycles. The quantitative estimate of drug-likeness (QED) is 0.726. The van der Waals surface area contributed by atoms with Crippen LogP contribution in [0.2, 0.25) is 0 Å². The van der Waals surface area contributed by atoms with Gasteiger partial charge in [-0.25, -0.2) is 0 Å². The molecule has 2 aromatic rings. The summed E-state index contributed by atoms with van der Waals surface area (Å²) >= 11 is 1.22. The van der Waals surface area contributed by atoms with E-state index in [0.717, 1.165) is 22.3 Å². The number of aryl methyl sites for hydroxylation is 2. The third-order valence-corrected chi connectivity index (χ3v) is 5.69. The van der Waals surface area contributed by atoms with E-state index in [0.29, 0.717) is 22.0 Å². The van der Waals surface area contributed by atoms with Gasteiger partial charge in [-0.15, -0.1) is 11.8 Å². The summed E-state index contributed by atoms with van der Waals surface area (Å²) in [6.45, 7) is 3.99. The highest BCUT2D eigenvalue weighted by Gasteiger charge is 2.39. The number of nitrogens with zero attached hydrogens (tertiary/aromatic N) is 1. The highest BCUT2D eigenvalue weighted by Crippen LogP contribution is 2.38. The molecule has 1 aliphatic rings. The Bertz CT molecular complexity index is 951. The number of thioether (sulfide) groups is 1. The topological polar surface area (TPSA) is 66.8 Å². The molecule has 0 unspecified atom stereocenters. The van der Waals surface area contributed by atoms with Gasteiger partial charge < -0.3 is 9.84 Å². The zero-order valence-electron chi connectivity index (χ0n) is 16.2. The van der Waals surface area contributed by atoms with Crippen LogP contribution in [0.25, 0.3) is 5.57 Å². The maximum absolute atomic E-state index is 13.3. The maximum atomic E-state index is 13.3. The van der Waals surface area contributed by atoms with E-state index in [-0.39, 0.29) is 25.0 Å². The average Bonchev–Trinajstić information content (AvgIpc) is 2.91. The third kappa shape index (κ3) is 3.84. The number of carbonyl (C=O) groups is 2. The van der Waals surface area contributed by atoms with Crippen molar-refractivity contribution in [2.75, 3.05) is 19.5 Å². The van der Waals surface area contributed by atoms with Gasteiger partial charge in [0.15, 0.2) is 0 Å². The summed E-state index contributed by atoms with van der Waals surface area (Å²) in [6.07, 6.45) is 0. The van der Waals surface area contributed by atoms with Crippen molar-refractivity contribution in [1.82, 2.24) is 4.90 Å². The van der Waals surface area contributed by atoms with Crippen molar-refractivity contribution in [1.29, 1.82) is 0 Å². The summed E-state index contributed by atoms with van der Waals surface area (Å²) in [6, 6.07) is 13.2. The Balaban J connectivity index is 2.02. The van der Waals surface area contributed by atoms with Crippen molar-refractivity contribution >= 4 is 29.1 Å². The lowest BCUT2D eigenvalue weighted by molar-refractivity contribution is -0.137. The zero-order chi connectivity index (χ0) is 20.3. The molecular weight excluding hydrogens is 374 g/mol. The van der Waals surface area contributed by atoms with E-state index in [1.165, 1.54) is 16.7 Å². The molecule has 0 radical (unpaired) electrons. The minimum Gasteiger partial charge on any atom is -0.496 e. The van der Waals surface area contributed by atoms with Crippen molar-refractivity contribution in [3.8, 4) is 5.75 Å². The van der Waals surface area contributed by atoms with Gasteiger partial charge in [-0.1, -0.05) is 42.0 Å². The van der Waals surface area contributed by atoms with Gasteiger partial charge in [-0.05, 0) is 31.0 Å². The third-order valence-electron chi connectivity index (χ3n) is 4.64. The Morgan fingerprint density at radius 3 is 2.50 bits per heavy atom. The van der Waals surface area contributed by atoms with Crippen LogP contribution in [0.3, 0.4) is 0 Å². The van der Waals surface area contributed by atoms with Crippen LogP contribution in [-0.2, 0) is 16.1 Å². The maximum Gasteiger partial charge on any atom is 0.268 e. The first-order valence-corrected chi connectivity index (χ1v) is 10.00. The van der Waals surface area contributed by atoms with E-state index in [4.69, 9.17) is 4.74 Å². The summed E-state index contributed by atoms with van der Waals surface area (Å²) in [5, 5.41) is 9.23. The van der Waals surface area contributed by atoms with Crippen LogP contribution >= 0.6 is 11.8 Å². The van der Waals surface area contributed by atoms with Crippen LogP contribution in [0, 0.1) is 13.8 Å². The minimum absolute atomic E-state index is 0.0672. The lowest BCUT2D eigenvalue weighted by atomic mass is 9.99. The molecule has 2 aromatic carbocycles. The molecule has 0 fully saturated rings. The van der Waals surface area contributed by atoms with Crippen molar-refractivity contribution in [2.45, 2.75) is 20.4 Å². The predicted octanol–water partition coefficient (Wildman–Crippen LogP) is 3.32. The van der Waals surface area contributed by atoms with Crippen LogP contribution in [-0.4, -0.2) is 41.3 Å². The molecule has 0 bridgehead atoms. The number of para-hydroxylation sites is 1. The molecule has 5 nitrogen and oxygen atoms in total. The molecule has 0 saturated heterocycles.